The summed E-state index contributed by atoms with van der Waals surface area (Å²) in [6.45, 7) is 5.25. The summed E-state index contributed by atoms with van der Waals surface area (Å²) < 4.78 is 44.1. The maximum Gasteiger partial charge on any atom is 0.317 e. The van der Waals surface area contributed by atoms with E-state index in [9.17, 15) is 8.42 Å². The van der Waals surface area contributed by atoms with E-state index in [4.69, 9.17) is 14.2 Å². The average molecular weight is 391 g/mol. The third-order valence-corrected chi connectivity index (χ3v) is 6.35. The second kappa shape index (κ2) is 6.97. The van der Waals surface area contributed by atoms with Gasteiger partial charge in [0.25, 0.3) is 0 Å². The monoisotopic (exact) mass is 391 g/mol. The number of nitrogens with zero attached hydrogens (tertiary/aromatic N) is 3. The van der Waals surface area contributed by atoms with E-state index in [0.29, 0.717) is 37.7 Å². The van der Waals surface area contributed by atoms with Gasteiger partial charge in [-0.25, -0.2) is 18.4 Å². The Hall–Kier alpha value is -2.39. The molecule has 0 bridgehead atoms. The molecule has 1 fully saturated rings. The zero-order valence-corrected chi connectivity index (χ0v) is 16.0. The Bertz CT molecular complexity index is 943. The lowest BCUT2D eigenvalue weighted by atomic mass is 10.3. The molecule has 1 aromatic heterocycles. The van der Waals surface area contributed by atoms with Gasteiger partial charge < -0.3 is 14.2 Å². The lowest BCUT2D eigenvalue weighted by Gasteiger charge is -2.21. The number of rotatable bonds is 4. The van der Waals surface area contributed by atoms with E-state index in [1.165, 1.54) is 10.4 Å². The van der Waals surface area contributed by atoms with Gasteiger partial charge in [-0.2, -0.15) is 4.31 Å². The molecule has 2 aliphatic heterocycles. The van der Waals surface area contributed by atoms with E-state index >= 15 is 0 Å². The van der Waals surface area contributed by atoms with Gasteiger partial charge in [0.1, 0.15) is 19.3 Å². The third kappa shape index (κ3) is 3.70. The highest BCUT2D eigenvalue weighted by atomic mass is 32.2. The number of hydrogen-bond acceptors (Lipinski definition) is 7. The summed E-state index contributed by atoms with van der Waals surface area (Å²) in [5.41, 5.74) is 1.63. The molecule has 9 heteroatoms. The van der Waals surface area contributed by atoms with Crippen LogP contribution in [0.2, 0.25) is 0 Å². The van der Waals surface area contributed by atoms with Gasteiger partial charge in [-0.1, -0.05) is 0 Å². The Morgan fingerprint density at radius 3 is 2.52 bits per heavy atom. The first-order chi connectivity index (χ1) is 12.9. The zero-order valence-electron chi connectivity index (χ0n) is 15.2. The highest BCUT2D eigenvalue weighted by molar-refractivity contribution is 7.89. The van der Waals surface area contributed by atoms with Crippen LogP contribution in [0.3, 0.4) is 0 Å². The van der Waals surface area contributed by atoms with Crippen LogP contribution in [-0.4, -0.2) is 55.1 Å². The highest BCUT2D eigenvalue weighted by Crippen LogP contribution is 2.34. The number of benzene rings is 1. The molecule has 1 saturated heterocycles. The summed E-state index contributed by atoms with van der Waals surface area (Å²) in [7, 11) is -3.64. The predicted molar refractivity (Wildman–Crippen MR) is 96.7 cm³/mol. The minimum absolute atomic E-state index is 0.190. The topological polar surface area (TPSA) is 90.9 Å². The molecule has 3 heterocycles. The first-order valence-corrected chi connectivity index (χ1v) is 10.2. The molecule has 144 valence electrons. The molecule has 27 heavy (non-hydrogen) atoms. The number of aromatic nitrogens is 2. The number of sulfonamides is 1. The van der Waals surface area contributed by atoms with Gasteiger partial charge >= 0.3 is 6.01 Å². The van der Waals surface area contributed by atoms with Gasteiger partial charge in [0.15, 0.2) is 11.5 Å². The molecule has 4 rings (SSSR count). The van der Waals surface area contributed by atoms with Crippen molar-refractivity contribution in [3.05, 3.63) is 35.7 Å². The van der Waals surface area contributed by atoms with Crippen molar-refractivity contribution in [1.29, 1.82) is 0 Å². The van der Waals surface area contributed by atoms with Crippen molar-refractivity contribution in [2.45, 2.75) is 31.3 Å². The molecule has 1 atom stereocenters. The SMILES string of the molecule is Cc1cc(C)nc(OC2CCN(S(=O)(=O)c3ccc4c(c3)OCCO4)C2)n1. The van der Waals surface area contributed by atoms with Gasteiger partial charge in [-0.3, -0.25) is 0 Å². The van der Waals surface area contributed by atoms with Crippen LogP contribution >= 0.6 is 0 Å². The van der Waals surface area contributed by atoms with Crippen LogP contribution in [0, 0.1) is 13.8 Å². The normalized spacial score (nSPS) is 19.9. The lowest BCUT2D eigenvalue weighted by molar-refractivity contribution is 0.171. The summed E-state index contributed by atoms with van der Waals surface area (Å²) >= 11 is 0. The van der Waals surface area contributed by atoms with Gasteiger partial charge in [-0.15, -0.1) is 0 Å². The fourth-order valence-electron chi connectivity index (χ4n) is 3.24. The van der Waals surface area contributed by atoms with Crippen LogP contribution < -0.4 is 14.2 Å². The molecular formula is C18H21N3O5S. The molecule has 2 aromatic rings. The Balaban J connectivity index is 1.49. The Morgan fingerprint density at radius 2 is 1.78 bits per heavy atom. The van der Waals surface area contributed by atoms with Crippen molar-refractivity contribution in [2.24, 2.45) is 0 Å². The molecule has 1 aromatic carbocycles. The van der Waals surface area contributed by atoms with Crippen molar-refractivity contribution >= 4 is 10.0 Å². The maximum absolute atomic E-state index is 13.0. The average Bonchev–Trinajstić information content (AvgIpc) is 3.09. The van der Waals surface area contributed by atoms with Gasteiger partial charge in [0.2, 0.25) is 10.0 Å². The van der Waals surface area contributed by atoms with Crippen LogP contribution in [0.15, 0.2) is 29.2 Å². The summed E-state index contributed by atoms with van der Waals surface area (Å²) in [5, 5.41) is 0. The smallest absolute Gasteiger partial charge is 0.317 e. The number of fused-ring (bicyclic) bond motifs is 1. The van der Waals surface area contributed by atoms with E-state index < -0.39 is 10.0 Å². The molecule has 0 spiro atoms. The number of aryl methyl sites for hydroxylation is 2. The molecule has 0 saturated carbocycles. The van der Waals surface area contributed by atoms with Crippen LogP contribution in [-0.2, 0) is 10.0 Å². The molecule has 0 radical (unpaired) electrons. The van der Waals surface area contributed by atoms with E-state index in [1.54, 1.807) is 12.1 Å². The molecule has 2 aliphatic rings. The van der Waals surface area contributed by atoms with Crippen molar-refractivity contribution in [3.63, 3.8) is 0 Å². The molecule has 0 aliphatic carbocycles. The van der Waals surface area contributed by atoms with Crippen LogP contribution in [0.1, 0.15) is 17.8 Å². The molecule has 8 nitrogen and oxygen atoms in total. The zero-order chi connectivity index (χ0) is 19.0. The van der Waals surface area contributed by atoms with Crippen molar-refractivity contribution in [1.82, 2.24) is 14.3 Å². The standard InChI is InChI=1S/C18H21N3O5S/c1-12-9-13(2)20-18(19-12)26-14-5-6-21(11-14)27(22,23)15-3-4-16-17(10-15)25-8-7-24-16/h3-4,9-10,14H,5-8,11H2,1-2H3. The molecule has 0 N–H and O–H groups in total. The third-order valence-electron chi connectivity index (χ3n) is 4.49. The van der Waals surface area contributed by atoms with Crippen molar-refractivity contribution in [2.75, 3.05) is 26.3 Å². The Labute approximate surface area is 158 Å². The lowest BCUT2D eigenvalue weighted by Crippen LogP contribution is -2.31. The summed E-state index contributed by atoms with van der Waals surface area (Å²) in [6, 6.07) is 6.85. The second-order valence-electron chi connectivity index (χ2n) is 6.63. The van der Waals surface area contributed by atoms with Crippen LogP contribution in [0.25, 0.3) is 0 Å². The van der Waals surface area contributed by atoms with Gasteiger partial charge in [-0.05, 0) is 38.5 Å². The quantitative estimate of drug-likeness (QED) is 0.783. The van der Waals surface area contributed by atoms with Gasteiger partial charge in [0, 0.05) is 24.0 Å². The van der Waals surface area contributed by atoms with E-state index in [1.807, 2.05) is 19.9 Å². The first-order valence-electron chi connectivity index (χ1n) is 8.80. The molecular weight excluding hydrogens is 370 g/mol. The van der Waals surface area contributed by atoms with E-state index in [0.717, 1.165) is 11.4 Å². The fourth-order valence-corrected chi connectivity index (χ4v) is 4.74. The first kappa shape index (κ1) is 18.0. The largest absolute Gasteiger partial charge is 0.486 e. The number of hydrogen-bond donors (Lipinski definition) is 0. The molecule has 0 amide bonds. The number of ether oxygens (including phenoxy) is 3. The van der Waals surface area contributed by atoms with Gasteiger partial charge in [0.05, 0.1) is 11.4 Å². The van der Waals surface area contributed by atoms with Crippen LogP contribution in [0.4, 0.5) is 0 Å². The minimum atomic E-state index is -3.64. The van der Waals surface area contributed by atoms with Crippen LogP contribution in [0.5, 0.6) is 17.5 Å². The summed E-state index contributed by atoms with van der Waals surface area (Å²) in [5.74, 6) is 1.02. The Kier molecular flexibility index (Phi) is 4.65. The maximum atomic E-state index is 13.0. The predicted octanol–water partition coefficient (Wildman–Crippen LogP) is 1.71. The highest BCUT2D eigenvalue weighted by Gasteiger charge is 2.34. The van der Waals surface area contributed by atoms with Crippen molar-refractivity contribution < 1.29 is 22.6 Å². The van der Waals surface area contributed by atoms with Crippen molar-refractivity contribution in [3.8, 4) is 17.5 Å². The Morgan fingerprint density at radius 1 is 1.07 bits per heavy atom. The van der Waals surface area contributed by atoms with E-state index in [-0.39, 0.29) is 23.6 Å². The van der Waals surface area contributed by atoms with E-state index in [2.05, 4.69) is 9.97 Å². The fraction of sp³-hybridized carbons (Fsp3) is 0.444. The molecule has 1 unspecified atom stereocenters. The summed E-state index contributed by atoms with van der Waals surface area (Å²) in [4.78, 5) is 8.71. The minimum Gasteiger partial charge on any atom is -0.486 e. The second-order valence-corrected chi connectivity index (χ2v) is 8.57. The summed E-state index contributed by atoms with van der Waals surface area (Å²) in [6.07, 6.45) is 0.304.